The van der Waals surface area contributed by atoms with Gasteiger partial charge in [0.05, 0.1) is 6.54 Å². The maximum atomic E-state index is 10.5. The molecule has 1 aromatic rings. The van der Waals surface area contributed by atoms with E-state index in [1.54, 1.807) is 6.20 Å². The fourth-order valence-corrected chi connectivity index (χ4v) is 1.03. The van der Waals surface area contributed by atoms with Gasteiger partial charge in [0, 0.05) is 11.9 Å². The second-order valence-electron chi connectivity index (χ2n) is 2.59. The predicted molar refractivity (Wildman–Crippen MR) is 42.9 cm³/mol. The Labute approximate surface area is 72.9 Å². The summed E-state index contributed by atoms with van der Waals surface area (Å²) in [5.41, 5.74) is 6.08. The summed E-state index contributed by atoms with van der Waals surface area (Å²) in [6.45, 7) is 0.364. The number of hydrogen-bond donors (Lipinski definition) is 3. The number of nitrogens with one attached hydrogen (secondary N) is 1. The molecule has 0 saturated carbocycles. The van der Waals surface area contributed by atoms with Crippen LogP contribution in [0, 0.1) is 0 Å². The van der Waals surface area contributed by atoms with E-state index in [0.717, 1.165) is 0 Å². The number of carbonyl (C=O) groups is 1. The third-order valence-corrected chi connectivity index (χ3v) is 1.58. The lowest BCUT2D eigenvalue weighted by Gasteiger charge is -2.10. The molecule has 13 heavy (non-hydrogen) atoms. The second kappa shape index (κ2) is 2.47. The first-order chi connectivity index (χ1) is 6.16. The molecule has 2 rings (SSSR count). The van der Waals surface area contributed by atoms with Crippen molar-refractivity contribution < 1.29 is 9.90 Å². The van der Waals surface area contributed by atoms with Gasteiger partial charge in [-0.15, -0.1) is 5.10 Å². The molecule has 0 saturated heterocycles. The summed E-state index contributed by atoms with van der Waals surface area (Å²) in [6, 6.07) is 0. The lowest BCUT2D eigenvalue weighted by atomic mass is 10.4. The second-order valence-corrected chi connectivity index (χ2v) is 2.59. The fourth-order valence-electron chi connectivity index (χ4n) is 1.03. The van der Waals surface area contributed by atoms with Crippen LogP contribution in [-0.2, 0) is 6.54 Å². The van der Waals surface area contributed by atoms with Crippen LogP contribution in [0.1, 0.15) is 10.6 Å². The van der Waals surface area contributed by atoms with Gasteiger partial charge in [0.1, 0.15) is 0 Å². The van der Waals surface area contributed by atoms with Gasteiger partial charge in [-0.3, -0.25) is 0 Å². The van der Waals surface area contributed by atoms with E-state index in [1.807, 2.05) is 0 Å². The van der Waals surface area contributed by atoms with Crippen molar-refractivity contribution in [3.63, 3.8) is 0 Å². The minimum absolute atomic E-state index is 0.231. The molecular weight excluding hydrogens is 174 g/mol. The zero-order chi connectivity index (χ0) is 9.42. The maximum Gasteiger partial charge on any atom is 0.375 e. The Morgan fingerprint density at radius 1 is 1.77 bits per heavy atom. The molecule has 0 aromatic carbocycles. The Morgan fingerprint density at radius 2 is 2.54 bits per heavy atom. The van der Waals surface area contributed by atoms with Crippen LogP contribution in [0.3, 0.4) is 0 Å². The molecule has 0 atom stereocenters. The first-order valence-corrected chi connectivity index (χ1v) is 3.56. The predicted octanol–water partition coefficient (Wildman–Crippen LogP) is -0.798. The van der Waals surface area contributed by atoms with Gasteiger partial charge in [0.15, 0.2) is 0 Å². The van der Waals surface area contributed by atoms with E-state index in [0.29, 0.717) is 18.2 Å². The molecule has 1 aliphatic rings. The summed E-state index contributed by atoms with van der Waals surface area (Å²) >= 11 is 0. The Balaban J connectivity index is 2.37. The third-order valence-electron chi connectivity index (χ3n) is 1.58. The first-order valence-electron chi connectivity index (χ1n) is 3.56. The maximum absolute atomic E-state index is 10.5. The van der Waals surface area contributed by atoms with E-state index >= 15 is 0 Å². The van der Waals surface area contributed by atoms with Crippen molar-refractivity contribution in [2.45, 2.75) is 6.54 Å². The van der Waals surface area contributed by atoms with Crippen molar-refractivity contribution in [3.05, 3.63) is 17.7 Å². The Bertz CT molecular complexity index is 394. The number of carboxylic acid groups (broad SMARTS) is 1. The average Bonchev–Trinajstić information content (AvgIpc) is 2.46. The van der Waals surface area contributed by atoms with Crippen molar-refractivity contribution in [3.8, 4) is 0 Å². The summed E-state index contributed by atoms with van der Waals surface area (Å²) in [5, 5.41) is 15.0. The van der Waals surface area contributed by atoms with Gasteiger partial charge in [-0.2, -0.15) is 4.98 Å². The Morgan fingerprint density at radius 3 is 3.23 bits per heavy atom. The van der Waals surface area contributed by atoms with E-state index in [-0.39, 0.29) is 5.82 Å². The largest absolute Gasteiger partial charge is 0.475 e. The molecule has 7 heteroatoms. The lowest BCUT2D eigenvalue weighted by molar-refractivity contribution is 0.0683. The monoisotopic (exact) mass is 181 g/mol. The van der Waals surface area contributed by atoms with Crippen LogP contribution in [-0.4, -0.2) is 25.8 Å². The number of rotatable bonds is 1. The summed E-state index contributed by atoms with van der Waals surface area (Å²) in [5.74, 6) is -0.987. The molecule has 2 heterocycles. The van der Waals surface area contributed by atoms with E-state index in [4.69, 9.17) is 10.8 Å². The number of allylic oxidation sites excluding steroid dienone is 1. The van der Waals surface area contributed by atoms with Gasteiger partial charge in [-0.25, -0.2) is 9.48 Å². The van der Waals surface area contributed by atoms with Crippen molar-refractivity contribution in [2.75, 3.05) is 5.32 Å². The smallest absolute Gasteiger partial charge is 0.375 e. The number of aromatic nitrogens is 3. The quantitative estimate of drug-likeness (QED) is 0.523. The molecule has 0 spiro atoms. The van der Waals surface area contributed by atoms with Crippen molar-refractivity contribution >= 4 is 11.9 Å². The van der Waals surface area contributed by atoms with Gasteiger partial charge >= 0.3 is 5.97 Å². The van der Waals surface area contributed by atoms with Crippen molar-refractivity contribution in [1.29, 1.82) is 0 Å². The summed E-state index contributed by atoms with van der Waals surface area (Å²) in [4.78, 5) is 14.2. The number of nitrogens with zero attached hydrogens (tertiary/aromatic N) is 3. The van der Waals surface area contributed by atoms with Crippen LogP contribution >= 0.6 is 0 Å². The number of fused-ring (bicyclic) bond motifs is 1. The SMILES string of the molecule is NC1=CNc2nc(C(=O)O)nn2C1. The molecular formula is C6H7N5O2. The molecule has 0 radical (unpaired) electrons. The zero-order valence-corrected chi connectivity index (χ0v) is 6.56. The normalized spacial score (nSPS) is 14.3. The fraction of sp³-hybridized carbons (Fsp3) is 0.167. The standard InChI is InChI=1S/C6H7N5O2/c7-3-1-8-6-9-4(5(12)13)10-11(6)2-3/h1H,2,7H2,(H,12,13)(H,8,9,10). The molecule has 1 aliphatic heterocycles. The topological polar surface area (TPSA) is 106 Å². The summed E-state index contributed by atoms with van der Waals surface area (Å²) < 4.78 is 1.40. The minimum Gasteiger partial charge on any atom is -0.475 e. The van der Waals surface area contributed by atoms with Crippen molar-refractivity contribution in [1.82, 2.24) is 14.8 Å². The molecule has 0 fully saturated rings. The van der Waals surface area contributed by atoms with E-state index in [1.165, 1.54) is 4.68 Å². The van der Waals surface area contributed by atoms with Crippen LogP contribution in [0.2, 0.25) is 0 Å². The first kappa shape index (κ1) is 7.59. The number of anilines is 1. The summed E-state index contributed by atoms with van der Waals surface area (Å²) in [7, 11) is 0. The van der Waals surface area contributed by atoms with Crippen molar-refractivity contribution in [2.24, 2.45) is 5.73 Å². The highest BCUT2D eigenvalue weighted by Crippen LogP contribution is 2.11. The number of aromatic carboxylic acids is 1. The third kappa shape index (κ3) is 1.19. The Kier molecular flexibility index (Phi) is 1.44. The molecule has 68 valence electrons. The number of nitrogens with two attached hydrogens (primary N) is 1. The van der Waals surface area contributed by atoms with E-state index in [9.17, 15) is 4.79 Å². The molecule has 4 N–H and O–H groups in total. The van der Waals surface area contributed by atoms with Gasteiger partial charge in [-0.1, -0.05) is 0 Å². The molecule has 0 amide bonds. The van der Waals surface area contributed by atoms with E-state index in [2.05, 4.69) is 15.4 Å². The molecule has 0 bridgehead atoms. The van der Waals surface area contributed by atoms with Gasteiger partial charge in [0.2, 0.25) is 5.95 Å². The van der Waals surface area contributed by atoms with Crippen LogP contribution in [0.5, 0.6) is 0 Å². The number of carboxylic acids is 1. The highest BCUT2D eigenvalue weighted by molar-refractivity contribution is 5.83. The lowest BCUT2D eigenvalue weighted by Crippen LogP contribution is -2.18. The minimum atomic E-state index is -1.15. The highest BCUT2D eigenvalue weighted by atomic mass is 16.4. The van der Waals surface area contributed by atoms with Gasteiger partial charge in [0.25, 0.3) is 5.82 Å². The Hall–Kier alpha value is -2.05. The molecule has 0 aliphatic carbocycles. The van der Waals surface area contributed by atoms with Crippen LogP contribution in [0.25, 0.3) is 0 Å². The molecule has 1 aromatic heterocycles. The van der Waals surface area contributed by atoms with Gasteiger partial charge < -0.3 is 16.2 Å². The van der Waals surface area contributed by atoms with Gasteiger partial charge in [-0.05, 0) is 0 Å². The summed E-state index contributed by atoms with van der Waals surface area (Å²) in [6.07, 6.45) is 1.57. The number of hydrogen-bond acceptors (Lipinski definition) is 5. The molecule has 7 nitrogen and oxygen atoms in total. The van der Waals surface area contributed by atoms with Crippen LogP contribution < -0.4 is 11.1 Å². The van der Waals surface area contributed by atoms with Crippen LogP contribution in [0.15, 0.2) is 11.9 Å². The highest BCUT2D eigenvalue weighted by Gasteiger charge is 2.17. The molecule has 0 unspecified atom stereocenters. The van der Waals surface area contributed by atoms with Crippen LogP contribution in [0.4, 0.5) is 5.95 Å². The zero-order valence-electron chi connectivity index (χ0n) is 6.56. The van der Waals surface area contributed by atoms with E-state index < -0.39 is 5.97 Å². The average molecular weight is 181 g/mol.